The van der Waals surface area contributed by atoms with Gasteiger partial charge in [0.05, 0.1) is 12.2 Å². The number of carbonyl (C=O) groups excluding carboxylic acids is 2. The fraction of sp³-hybridized carbons (Fsp3) is 0.300. The van der Waals surface area contributed by atoms with Crippen molar-refractivity contribution in [1.29, 1.82) is 0 Å². The van der Waals surface area contributed by atoms with E-state index < -0.39 is 0 Å². The monoisotopic (exact) mass is 445 g/mol. The summed E-state index contributed by atoms with van der Waals surface area (Å²) in [5.41, 5.74) is 2.81. The molecule has 4 rings (SSSR count). The number of nitrogens with one attached hydrogen (secondary N) is 2. The van der Waals surface area contributed by atoms with Crippen molar-refractivity contribution >= 4 is 45.6 Å². The second-order valence-corrected chi connectivity index (χ2v) is 8.63. The van der Waals surface area contributed by atoms with Crippen molar-refractivity contribution in [1.82, 2.24) is 15.0 Å². The highest BCUT2D eigenvalue weighted by Crippen LogP contribution is 2.28. The van der Waals surface area contributed by atoms with E-state index >= 15 is 0 Å². The number of thiazole rings is 1. The number of anilines is 2. The zero-order chi connectivity index (χ0) is 21.3. The van der Waals surface area contributed by atoms with E-state index in [4.69, 9.17) is 16.1 Å². The van der Waals surface area contributed by atoms with Crippen LogP contribution >= 0.6 is 22.9 Å². The van der Waals surface area contributed by atoms with Gasteiger partial charge in [0.15, 0.2) is 10.8 Å². The summed E-state index contributed by atoms with van der Waals surface area (Å²) in [6.07, 6.45) is 0.717. The van der Waals surface area contributed by atoms with Crippen molar-refractivity contribution in [3.8, 4) is 0 Å². The van der Waals surface area contributed by atoms with Gasteiger partial charge in [-0.05, 0) is 31.5 Å². The number of carbonyl (C=O) groups is 2. The number of rotatable bonds is 5. The summed E-state index contributed by atoms with van der Waals surface area (Å²) in [5.74, 6) is 0.115. The first-order chi connectivity index (χ1) is 14.4. The first-order valence-corrected chi connectivity index (χ1v) is 10.6. The maximum absolute atomic E-state index is 12.4. The third kappa shape index (κ3) is 4.69. The first kappa shape index (κ1) is 20.5. The zero-order valence-corrected chi connectivity index (χ0v) is 18.1. The minimum atomic E-state index is -0.356. The van der Waals surface area contributed by atoms with Crippen molar-refractivity contribution in [2.45, 2.75) is 26.8 Å². The summed E-state index contributed by atoms with van der Waals surface area (Å²) in [4.78, 5) is 32.2. The van der Waals surface area contributed by atoms with Crippen molar-refractivity contribution in [3.63, 3.8) is 0 Å². The molecule has 10 heteroatoms. The Balaban J connectivity index is 1.34. The molecule has 0 saturated carbocycles. The lowest BCUT2D eigenvalue weighted by atomic mass is 10.2. The van der Waals surface area contributed by atoms with E-state index in [0.717, 1.165) is 16.1 Å². The molecule has 1 aliphatic rings. The largest absolute Gasteiger partial charge is 0.361 e. The summed E-state index contributed by atoms with van der Waals surface area (Å²) in [5, 5.41) is 10.5. The van der Waals surface area contributed by atoms with Crippen LogP contribution in [0, 0.1) is 13.8 Å². The molecule has 0 radical (unpaired) electrons. The van der Waals surface area contributed by atoms with Crippen molar-refractivity contribution in [3.05, 3.63) is 56.9 Å². The van der Waals surface area contributed by atoms with E-state index in [9.17, 15) is 9.59 Å². The fourth-order valence-corrected chi connectivity index (χ4v) is 4.37. The maximum Gasteiger partial charge on any atom is 0.279 e. The highest BCUT2D eigenvalue weighted by Gasteiger charge is 2.23. The van der Waals surface area contributed by atoms with E-state index in [2.05, 4.69) is 25.7 Å². The maximum atomic E-state index is 12.4. The summed E-state index contributed by atoms with van der Waals surface area (Å²) >= 11 is 7.53. The van der Waals surface area contributed by atoms with Gasteiger partial charge in [-0.25, -0.2) is 4.98 Å². The van der Waals surface area contributed by atoms with Gasteiger partial charge in [0, 0.05) is 41.2 Å². The van der Waals surface area contributed by atoms with Gasteiger partial charge in [0.25, 0.3) is 5.91 Å². The Labute approximate surface area is 182 Å². The molecular weight excluding hydrogens is 426 g/mol. The van der Waals surface area contributed by atoms with Crippen molar-refractivity contribution < 1.29 is 14.1 Å². The Hall–Kier alpha value is -2.75. The molecule has 3 aromatic rings. The summed E-state index contributed by atoms with van der Waals surface area (Å²) < 4.78 is 4.93. The van der Waals surface area contributed by atoms with Gasteiger partial charge in [-0.15, -0.1) is 11.3 Å². The molecule has 1 aromatic carbocycles. The minimum Gasteiger partial charge on any atom is -0.361 e. The third-order valence-corrected chi connectivity index (χ3v) is 6.12. The first-order valence-electron chi connectivity index (χ1n) is 9.39. The molecule has 0 saturated heterocycles. The SMILES string of the molecule is Cc1cc(C(=O)Nc2nc3c(s2)CN(CC(=O)Nc2ccc(C)c(Cl)c2)CC3)no1. The van der Waals surface area contributed by atoms with Crippen LogP contribution in [0.3, 0.4) is 0 Å². The second-order valence-electron chi connectivity index (χ2n) is 7.14. The zero-order valence-electron chi connectivity index (χ0n) is 16.5. The Bertz CT molecular complexity index is 1110. The molecule has 0 spiro atoms. The molecule has 0 fully saturated rings. The van der Waals surface area contributed by atoms with E-state index in [1.165, 1.54) is 11.3 Å². The third-order valence-electron chi connectivity index (χ3n) is 4.71. The van der Waals surface area contributed by atoms with E-state index in [0.29, 0.717) is 41.1 Å². The molecule has 30 heavy (non-hydrogen) atoms. The van der Waals surface area contributed by atoms with Gasteiger partial charge in [0.2, 0.25) is 5.91 Å². The second kappa shape index (κ2) is 8.55. The Morgan fingerprint density at radius 1 is 1.27 bits per heavy atom. The summed E-state index contributed by atoms with van der Waals surface area (Å²) in [7, 11) is 0. The molecule has 0 aliphatic carbocycles. The van der Waals surface area contributed by atoms with Crippen LogP contribution in [0.15, 0.2) is 28.8 Å². The molecule has 0 unspecified atom stereocenters. The van der Waals surface area contributed by atoms with Crippen LogP contribution in [-0.4, -0.2) is 39.9 Å². The Morgan fingerprint density at radius 3 is 2.83 bits per heavy atom. The predicted molar refractivity (Wildman–Crippen MR) is 115 cm³/mol. The van der Waals surface area contributed by atoms with Crippen LogP contribution in [0.2, 0.25) is 5.02 Å². The highest BCUT2D eigenvalue weighted by atomic mass is 35.5. The molecular formula is C20H20ClN5O3S. The number of hydrogen-bond donors (Lipinski definition) is 2. The lowest BCUT2D eigenvalue weighted by Gasteiger charge is -2.25. The molecule has 8 nitrogen and oxygen atoms in total. The Morgan fingerprint density at radius 2 is 2.10 bits per heavy atom. The Kier molecular flexibility index (Phi) is 5.85. The number of benzene rings is 1. The summed E-state index contributed by atoms with van der Waals surface area (Å²) in [6, 6.07) is 7.03. The van der Waals surface area contributed by atoms with E-state index in [1.54, 1.807) is 19.1 Å². The average molecular weight is 446 g/mol. The van der Waals surface area contributed by atoms with Gasteiger partial charge in [0.1, 0.15) is 5.76 Å². The smallest absolute Gasteiger partial charge is 0.279 e. The van der Waals surface area contributed by atoms with Crippen LogP contribution in [-0.2, 0) is 17.8 Å². The van der Waals surface area contributed by atoms with Gasteiger partial charge in [-0.3, -0.25) is 19.8 Å². The van der Waals surface area contributed by atoms with Crippen molar-refractivity contribution in [2.24, 2.45) is 0 Å². The van der Waals surface area contributed by atoms with E-state index in [-0.39, 0.29) is 24.1 Å². The molecule has 2 aromatic heterocycles. The van der Waals surface area contributed by atoms with Crippen LogP contribution < -0.4 is 10.6 Å². The van der Waals surface area contributed by atoms with Crippen LogP contribution in [0.5, 0.6) is 0 Å². The molecule has 2 amide bonds. The standard InChI is InChI=1S/C20H20ClN5O3S/c1-11-3-4-13(8-14(11)21)22-18(27)10-26-6-5-15-17(9-26)30-20(23-15)24-19(28)16-7-12(2)29-25-16/h3-4,7-8H,5-6,9-10H2,1-2H3,(H,22,27)(H,23,24,28). The number of aryl methyl sites for hydroxylation is 2. The lowest BCUT2D eigenvalue weighted by Crippen LogP contribution is -2.36. The number of amides is 2. The topological polar surface area (TPSA) is 100 Å². The molecule has 3 heterocycles. The van der Waals surface area contributed by atoms with Gasteiger partial charge in [-0.1, -0.05) is 22.8 Å². The number of hydrogen-bond acceptors (Lipinski definition) is 7. The van der Waals surface area contributed by atoms with Gasteiger partial charge >= 0.3 is 0 Å². The number of aromatic nitrogens is 2. The van der Waals surface area contributed by atoms with Crippen LogP contribution in [0.1, 0.15) is 32.4 Å². The van der Waals surface area contributed by atoms with Crippen LogP contribution in [0.4, 0.5) is 10.8 Å². The number of halogens is 1. The van der Waals surface area contributed by atoms with E-state index in [1.807, 2.05) is 19.1 Å². The van der Waals surface area contributed by atoms with Gasteiger partial charge in [-0.2, -0.15) is 0 Å². The van der Waals surface area contributed by atoms with Gasteiger partial charge < -0.3 is 9.84 Å². The molecule has 1 aliphatic heterocycles. The van der Waals surface area contributed by atoms with Crippen LogP contribution in [0.25, 0.3) is 0 Å². The minimum absolute atomic E-state index is 0.0992. The average Bonchev–Trinajstić information content (AvgIpc) is 3.30. The molecule has 156 valence electrons. The lowest BCUT2D eigenvalue weighted by molar-refractivity contribution is -0.117. The summed E-state index contributed by atoms with van der Waals surface area (Å²) in [6.45, 7) is 5.23. The highest BCUT2D eigenvalue weighted by molar-refractivity contribution is 7.15. The van der Waals surface area contributed by atoms with Crippen molar-refractivity contribution in [2.75, 3.05) is 23.7 Å². The molecule has 0 atom stereocenters. The number of nitrogens with zero attached hydrogens (tertiary/aromatic N) is 3. The molecule has 0 bridgehead atoms. The fourth-order valence-electron chi connectivity index (χ4n) is 3.15. The normalized spacial score (nSPS) is 13.7. The number of fused-ring (bicyclic) bond motifs is 1. The predicted octanol–water partition coefficient (Wildman–Crippen LogP) is 3.65. The quantitative estimate of drug-likeness (QED) is 0.621. The molecule has 2 N–H and O–H groups in total.